The number of hydrogen-bond donors (Lipinski definition) is 0. The Morgan fingerprint density at radius 2 is 1.83 bits per heavy atom. The van der Waals surface area contributed by atoms with Gasteiger partial charge in [0.15, 0.2) is 0 Å². The van der Waals surface area contributed by atoms with Crippen molar-refractivity contribution < 1.29 is 14.3 Å². The largest absolute Gasteiger partial charge is 0.496 e. The van der Waals surface area contributed by atoms with Crippen molar-refractivity contribution in [3.05, 3.63) is 60.3 Å². The van der Waals surface area contributed by atoms with Crippen molar-refractivity contribution in [1.29, 1.82) is 0 Å². The van der Waals surface area contributed by atoms with E-state index in [2.05, 4.69) is 41.4 Å². The van der Waals surface area contributed by atoms with E-state index in [9.17, 15) is 4.79 Å². The van der Waals surface area contributed by atoms with E-state index in [1.807, 2.05) is 39.0 Å². The van der Waals surface area contributed by atoms with Gasteiger partial charge in [-0.2, -0.15) is 0 Å². The highest BCUT2D eigenvalue weighted by molar-refractivity contribution is 5.74. The molecule has 5 nitrogen and oxygen atoms in total. The lowest BCUT2D eigenvalue weighted by molar-refractivity contribution is 0.0291. The number of likely N-dealkylation sites (tertiary alicyclic amines) is 1. The molecular formula is C24H28N2O3. The van der Waals surface area contributed by atoms with Crippen LogP contribution in [0, 0.1) is 5.92 Å². The van der Waals surface area contributed by atoms with Gasteiger partial charge in [-0.05, 0) is 44.0 Å². The Morgan fingerprint density at radius 3 is 2.48 bits per heavy atom. The Morgan fingerprint density at radius 1 is 1.07 bits per heavy atom. The van der Waals surface area contributed by atoms with E-state index in [1.165, 1.54) is 5.57 Å². The van der Waals surface area contributed by atoms with Crippen molar-refractivity contribution in [2.45, 2.75) is 26.4 Å². The SMILES string of the molecule is COc1cc(N2C=C3CN(C(=O)OC(C)(C)C)CC3C2)ccc1-c1ccccc1. The zero-order valence-electron chi connectivity index (χ0n) is 17.5. The Kier molecular flexibility index (Phi) is 4.99. The van der Waals surface area contributed by atoms with E-state index in [4.69, 9.17) is 9.47 Å². The number of amides is 1. The summed E-state index contributed by atoms with van der Waals surface area (Å²) in [5.41, 5.74) is 4.14. The van der Waals surface area contributed by atoms with E-state index in [1.54, 1.807) is 12.0 Å². The number of ether oxygens (including phenoxy) is 2. The van der Waals surface area contributed by atoms with E-state index in [0.717, 1.165) is 29.1 Å². The minimum atomic E-state index is -0.466. The minimum Gasteiger partial charge on any atom is -0.496 e. The standard InChI is InChI=1S/C24H28N2O3/c1-24(2,3)29-23(27)26-15-18-13-25(14-19(18)16-26)20-10-11-21(22(12-20)28-4)17-8-6-5-7-9-17/h5-13,19H,14-16H2,1-4H3. The van der Waals surface area contributed by atoms with Crippen molar-refractivity contribution in [2.24, 2.45) is 5.92 Å². The lowest BCUT2D eigenvalue weighted by Gasteiger charge is -2.25. The number of carbonyl (C=O) groups excluding carboxylic acids is 1. The first-order valence-electron chi connectivity index (χ1n) is 10.0. The molecule has 0 aliphatic carbocycles. The Balaban J connectivity index is 1.50. The van der Waals surface area contributed by atoms with E-state index in [0.29, 0.717) is 19.0 Å². The van der Waals surface area contributed by atoms with Gasteiger partial charge >= 0.3 is 6.09 Å². The third kappa shape index (κ3) is 4.09. The predicted octanol–water partition coefficient (Wildman–Crippen LogP) is 4.93. The maximum atomic E-state index is 12.3. The first kappa shape index (κ1) is 19.4. The summed E-state index contributed by atoms with van der Waals surface area (Å²) in [6.45, 7) is 7.90. The molecule has 0 spiro atoms. The van der Waals surface area contributed by atoms with Crippen LogP contribution in [0.2, 0.25) is 0 Å². The van der Waals surface area contributed by atoms with Gasteiger partial charge < -0.3 is 19.3 Å². The van der Waals surface area contributed by atoms with Crippen LogP contribution >= 0.6 is 0 Å². The summed E-state index contributed by atoms with van der Waals surface area (Å²) < 4.78 is 11.2. The molecule has 2 heterocycles. The monoisotopic (exact) mass is 392 g/mol. The molecule has 2 aromatic carbocycles. The fourth-order valence-electron chi connectivity index (χ4n) is 3.97. The first-order chi connectivity index (χ1) is 13.8. The molecule has 0 bridgehead atoms. The summed E-state index contributed by atoms with van der Waals surface area (Å²) >= 11 is 0. The number of methoxy groups -OCH3 is 1. The molecule has 1 amide bonds. The molecule has 0 aromatic heterocycles. The van der Waals surface area contributed by atoms with Gasteiger partial charge in [-0.25, -0.2) is 4.79 Å². The van der Waals surface area contributed by atoms with Crippen molar-refractivity contribution in [2.75, 3.05) is 31.6 Å². The average molecular weight is 392 g/mol. The molecule has 2 aromatic rings. The van der Waals surface area contributed by atoms with Crippen LogP contribution in [-0.4, -0.2) is 43.3 Å². The van der Waals surface area contributed by atoms with Crippen LogP contribution in [-0.2, 0) is 4.74 Å². The molecule has 0 N–H and O–H groups in total. The van der Waals surface area contributed by atoms with Crippen molar-refractivity contribution >= 4 is 11.8 Å². The van der Waals surface area contributed by atoms with Crippen molar-refractivity contribution in [3.8, 4) is 16.9 Å². The zero-order chi connectivity index (χ0) is 20.6. The fraction of sp³-hybridized carbons (Fsp3) is 0.375. The second-order valence-electron chi connectivity index (χ2n) is 8.66. The van der Waals surface area contributed by atoms with E-state index < -0.39 is 5.60 Å². The molecular weight excluding hydrogens is 364 g/mol. The van der Waals surface area contributed by atoms with E-state index >= 15 is 0 Å². The number of rotatable bonds is 3. The highest BCUT2D eigenvalue weighted by Gasteiger charge is 2.37. The van der Waals surface area contributed by atoms with Gasteiger partial charge in [0.1, 0.15) is 11.4 Å². The zero-order valence-corrected chi connectivity index (χ0v) is 17.5. The molecule has 1 fully saturated rings. The van der Waals surface area contributed by atoms with Gasteiger partial charge in [0.05, 0.1) is 7.11 Å². The first-order valence-corrected chi connectivity index (χ1v) is 10.0. The van der Waals surface area contributed by atoms with Gasteiger partial charge in [-0.15, -0.1) is 0 Å². The smallest absolute Gasteiger partial charge is 0.410 e. The third-order valence-electron chi connectivity index (χ3n) is 5.33. The lowest BCUT2D eigenvalue weighted by Crippen LogP contribution is -2.36. The van der Waals surface area contributed by atoms with Gasteiger partial charge in [0, 0.05) is 49.1 Å². The van der Waals surface area contributed by atoms with Gasteiger partial charge in [0.2, 0.25) is 0 Å². The summed E-state index contributed by atoms with van der Waals surface area (Å²) in [6, 6.07) is 16.6. The summed E-state index contributed by atoms with van der Waals surface area (Å²) in [5, 5.41) is 0. The van der Waals surface area contributed by atoms with Crippen LogP contribution in [0.15, 0.2) is 60.3 Å². The molecule has 152 valence electrons. The molecule has 1 atom stereocenters. The van der Waals surface area contributed by atoms with Crippen molar-refractivity contribution in [1.82, 2.24) is 4.90 Å². The van der Waals surface area contributed by atoms with Gasteiger partial charge in [-0.3, -0.25) is 0 Å². The quantitative estimate of drug-likeness (QED) is 0.743. The Hall–Kier alpha value is -2.95. The summed E-state index contributed by atoms with van der Waals surface area (Å²) in [6.07, 6.45) is 1.94. The summed E-state index contributed by atoms with van der Waals surface area (Å²) in [7, 11) is 1.71. The number of fused-ring (bicyclic) bond motifs is 1. The Bertz CT molecular complexity index is 931. The van der Waals surface area contributed by atoms with Crippen LogP contribution in [0.4, 0.5) is 10.5 Å². The second kappa shape index (κ2) is 7.47. The maximum Gasteiger partial charge on any atom is 0.410 e. The summed E-state index contributed by atoms with van der Waals surface area (Å²) in [5.74, 6) is 1.21. The minimum absolute atomic E-state index is 0.228. The van der Waals surface area contributed by atoms with Gasteiger partial charge in [-0.1, -0.05) is 30.3 Å². The summed E-state index contributed by atoms with van der Waals surface area (Å²) in [4.78, 5) is 16.4. The molecule has 0 saturated carbocycles. The second-order valence-corrected chi connectivity index (χ2v) is 8.66. The topological polar surface area (TPSA) is 42.0 Å². The van der Waals surface area contributed by atoms with Crippen LogP contribution in [0.5, 0.6) is 5.75 Å². The molecule has 4 rings (SSSR count). The third-order valence-corrected chi connectivity index (χ3v) is 5.33. The Labute approximate surface area is 172 Å². The number of hydrogen-bond acceptors (Lipinski definition) is 4. The lowest BCUT2D eigenvalue weighted by atomic mass is 10.0. The number of carbonyl (C=O) groups is 1. The van der Waals surface area contributed by atoms with Crippen LogP contribution in [0.3, 0.4) is 0 Å². The molecule has 2 aliphatic rings. The van der Waals surface area contributed by atoms with E-state index in [-0.39, 0.29) is 6.09 Å². The van der Waals surface area contributed by atoms with Gasteiger partial charge in [0.25, 0.3) is 0 Å². The molecule has 1 unspecified atom stereocenters. The predicted molar refractivity (Wildman–Crippen MR) is 115 cm³/mol. The van der Waals surface area contributed by atoms with Crippen LogP contribution in [0.25, 0.3) is 11.1 Å². The van der Waals surface area contributed by atoms with Crippen molar-refractivity contribution in [3.63, 3.8) is 0 Å². The molecule has 0 radical (unpaired) electrons. The molecule has 5 heteroatoms. The highest BCUT2D eigenvalue weighted by Crippen LogP contribution is 2.37. The van der Waals surface area contributed by atoms with Crippen LogP contribution in [0.1, 0.15) is 20.8 Å². The normalized spacial score (nSPS) is 18.5. The number of nitrogens with zero attached hydrogens (tertiary/aromatic N) is 2. The average Bonchev–Trinajstić information content (AvgIpc) is 3.26. The maximum absolute atomic E-state index is 12.3. The molecule has 1 saturated heterocycles. The fourth-order valence-corrected chi connectivity index (χ4v) is 3.97. The van der Waals surface area contributed by atoms with Crippen LogP contribution < -0.4 is 9.64 Å². The molecule has 29 heavy (non-hydrogen) atoms. The molecule has 2 aliphatic heterocycles. The number of anilines is 1. The number of benzene rings is 2. The highest BCUT2D eigenvalue weighted by atomic mass is 16.6.